The molecule has 0 bridgehead atoms. The minimum absolute atomic E-state index is 0.179. The fourth-order valence-corrected chi connectivity index (χ4v) is 3.62. The molecular formula is C21H24N4O2S. The van der Waals surface area contributed by atoms with Crippen molar-refractivity contribution in [1.29, 1.82) is 0 Å². The van der Waals surface area contributed by atoms with E-state index in [2.05, 4.69) is 29.5 Å². The summed E-state index contributed by atoms with van der Waals surface area (Å²) in [4.78, 5) is 27.7. The second-order valence-corrected chi connectivity index (χ2v) is 8.44. The van der Waals surface area contributed by atoms with E-state index < -0.39 is 5.91 Å². The number of nitrogens with zero attached hydrogens (tertiary/aromatic N) is 3. The van der Waals surface area contributed by atoms with E-state index in [9.17, 15) is 9.59 Å². The smallest absolute Gasteiger partial charge is 0.267 e. The summed E-state index contributed by atoms with van der Waals surface area (Å²) >= 11 is 1.62. The molecule has 0 aliphatic rings. The first-order valence-electron chi connectivity index (χ1n) is 9.28. The molecule has 6 nitrogen and oxygen atoms in total. The lowest BCUT2D eigenvalue weighted by Crippen LogP contribution is -2.29. The van der Waals surface area contributed by atoms with Gasteiger partial charge in [-0.3, -0.25) is 9.59 Å². The molecule has 0 aliphatic heterocycles. The summed E-state index contributed by atoms with van der Waals surface area (Å²) in [6.07, 6.45) is 0.807. The highest BCUT2D eigenvalue weighted by atomic mass is 32.1. The number of carbonyl (C=O) groups is 1. The molecule has 0 spiro atoms. The third kappa shape index (κ3) is 4.36. The van der Waals surface area contributed by atoms with Crippen LogP contribution in [-0.4, -0.2) is 21.4 Å². The van der Waals surface area contributed by atoms with Gasteiger partial charge in [0, 0.05) is 16.8 Å². The van der Waals surface area contributed by atoms with Crippen LogP contribution >= 0.6 is 11.3 Å². The van der Waals surface area contributed by atoms with Crippen molar-refractivity contribution < 1.29 is 4.79 Å². The van der Waals surface area contributed by atoms with Gasteiger partial charge in [-0.1, -0.05) is 32.0 Å². The molecule has 146 valence electrons. The quantitative estimate of drug-likeness (QED) is 0.506. The molecule has 1 aromatic carbocycles. The summed E-state index contributed by atoms with van der Waals surface area (Å²) in [5.74, 6) is 0.000994. The first kappa shape index (κ1) is 19.9. The van der Waals surface area contributed by atoms with Crippen LogP contribution in [0.25, 0.3) is 10.8 Å². The average molecular weight is 397 g/mol. The van der Waals surface area contributed by atoms with Crippen molar-refractivity contribution in [3.63, 3.8) is 0 Å². The Kier molecular flexibility index (Phi) is 6.04. The highest BCUT2D eigenvalue weighted by Gasteiger charge is 2.16. The Labute approximate surface area is 167 Å². The zero-order chi connectivity index (χ0) is 20.3. The van der Waals surface area contributed by atoms with Gasteiger partial charge in [0.05, 0.1) is 16.0 Å². The first-order chi connectivity index (χ1) is 13.4. The number of aryl methyl sites for hydroxylation is 2. The number of aromatic nitrogens is 2. The second-order valence-electron chi connectivity index (χ2n) is 7.15. The maximum Gasteiger partial charge on any atom is 0.292 e. The molecule has 0 atom stereocenters. The molecule has 28 heavy (non-hydrogen) atoms. The van der Waals surface area contributed by atoms with Gasteiger partial charge in [0.15, 0.2) is 5.69 Å². The molecule has 0 aliphatic carbocycles. The number of amides is 1. The van der Waals surface area contributed by atoms with Crippen LogP contribution in [0.5, 0.6) is 0 Å². The van der Waals surface area contributed by atoms with Crippen LogP contribution in [0.15, 0.2) is 46.3 Å². The molecule has 0 saturated heterocycles. The maximum absolute atomic E-state index is 12.8. The summed E-state index contributed by atoms with van der Waals surface area (Å²) in [5, 5.41) is 9.59. The van der Waals surface area contributed by atoms with Gasteiger partial charge >= 0.3 is 0 Å². The van der Waals surface area contributed by atoms with Gasteiger partial charge in [0.2, 0.25) is 0 Å². The number of fused-ring (bicyclic) bond motifs is 1. The third-order valence-corrected chi connectivity index (χ3v) is 5.53. The van der Waals surface area contributed by atoms with Gasteiger partial charge in [0.1, 0.15) is 0 Å². The minimum Gasteiger partial charge on any atom is -0.267 e. The molecule has 2 aromatic heterocycles. The fourth-order valence-electron chi connectivity index (χ4n) is 2.81. The van der Waals surface area contributed by atoms with E-state index in [1.165, 1.54) is 9.56 Å². The third-order valence-electron chi connectivity index (χ3n) is 4.42. The number of hydrogen-bond acceptors (Lipinski definition) is 5. The Balaban J connectivity index is 1.95. The standard InChI is InChI=1S/C21H24N4O2S/c1-13(2)11-12-25-21(27)17-8-6-5-7-16(17)19(24-25)20(26)23-22-15(4)18-10-9-14(3)28-18/h5-10,13H,11-12H2,1-4H3,(H,23,26)/b22-15-. The van der Waals surface area contributed by atoms with Crippen LogP contribution in [-0.2, 0) is 6.54 Å². The van der Waals surface area contributed by atoms with E-state index in [-0.39, 0.29) is 11.3 Å². The maximum atomic E-state index is 12.8. The van der Waals surface area contributed by atoms with E-state index in [1.807, 2.05) is 26.0 Å². The van der Waals surface area contributed by atoms with Crippen LogP contribution in [0.2, 0.25) is 0 Å². The second kappa shape index (κ2) is 8.48. The number of hydrazone groups is 1. The van der Waals surface area contributed by atoms with E-state index in [0.29, 0.717) is 23.2 Å². The Morgan fingerprint density at radius 3 is 2.57 bits per heavy atom. The highest BCUT2D eigenvalue weighted by molar-refractivity contribution is 7.14. The van der Waals surface area contributed by atoms with Gasteiger partial charge in [-0.05, 0) is 44.4 Å². The monoisotopic (exact) mass is 396 g/mol. The molecule has 1 amide bonds. The molecule has 7 heteroatoms. The van der Waals surface area contributed by atoms with Crippen LogP contribution < -0.4 is 11.0 Å². The number of nitrogens with one attached hydrogen (secondary N) is 1. The van der Waals surface area contributed by atoms with Crippen LogP contribution in [0, 0.1) is 12.8 Å². The summed E-state index contributed by atoms with van der Waals surface area (Å²) in [6, 6.07) is 11.0. The lowest BCUT2D eigenvalue weighted by Gasteiger charge is -2.11. The largest absolute Gasteiger partial charge is 0.292 e. The minimum atomic E-state index is -0.429. The average Bonchev–Trinajstić information content (AvgIpc) is 3.12. The van der Waals surface area contributed by atoms with Gasteiger partial charge < -0.3 is 0 Å². The van der Waals surface area contributed by atoms with E-state index in [0.717, 1.165) is 17.0 Å². The molecule has 0 saturated carbocycles. The van der Waals surface area contributed by atoms with Gasteiger partial charge in [0.25, 0.3) is 11.5 Å². The SMILES string of the molecule is C/C(=N/NC(=O)c1nn(CCC(C)C)c(=O)c2ccccc12)c1ccc(C)s1. The van der Waals surface area contributed by atoms with Gasteiger partial charge in [-0.2, -0.15) is 10.2 Å². The Morgan fingerprint density at radius 2 is 1.93 bits per heavy atom. The van der Waals surface area contributed by atoms with Gasteiger partial charge in [-0.25, -0.2) is 10.1 Å². The number of carbonyl (C=O) groups excluding carboxylic acids is 1. The number of rotatable bonds is 6. The van der Waals surface area contributed by atoms with E-state index >= 15 is 0 Å². The molecule has 0 radical (unpaired) electrons. The summed E-state index contributed by atoms with van der Waals surface area (Å²) in [6.45, 7) is 8.52. The lowest BCUT2D eigenvalue weighted by molar-refractivity contribution is 0.0949. The lowest BCUT2D eigenvalue weighted by atomic mass is 10.1. The Hall–Kier alpha value is -2.80. The van der Waals surface area contributed by atoms with Crippen LogP contribution in [0.3, 0.4) is 0 Å². The normalized spacial score (nSPS) is 12.0. The van der Waals surface area contributed by atoms with E-state index in [1.54, 1.807) is 35.6 Å². The zero-order valence-electron chi connectivity index (χ0n) is 16.5. The van der Waals surface area contributed by atoms with Crippen molar-refractivity contribution in [3.05, 3.63) is 62.2 Å². The molecule has 0 unspecified atom stereocenters. The number of thiophene rings is 1. The molecule has 1 N–H and O–H groups in total. The van der Waals surface area contributed by atoms with E-state index in [4.69, 9.17) is 0 Å². The molecule has 3 aromatic rings. The summed E-state index contributed by atoms with van der Waals surface area (Å²) in [5.41, 5.74) is 3.34. The molecular weight excluding hydrogens is 372 g/mol. The molecule has 2 heterocycles. The summed E-state index contributed by atoms with van der Waals surface area (Å²) in [7, 11) is 0. The van der Waals surface area contributed by atoms with Crippen molar-refractivity contribution in [3.8, 4) is 0 Å². The summed E-state index contributed by atoms with van der Waals surface area (Å²) < 4.78 is 1.39. The van der Waals surface area contributed by atoms with Crippen molar-refractivity contribution in [2.45, 2.75) is 40.7 Å². The first-order valence-corrected chi connectivity index (χ1v) is 10.1. The predicted octanol–water partition coefficient (Wildman–Crippen LogP) is 3.97. The zero-order valence-corrected chi connectivity index (χ0v) is 17.3. The molecule has 0 fully saturated rings. The topological polar surface area (TPSA) is 76.3 Å². The highest BCUT2D eigenvalue weighted by Crippen LogP contribution is 2.16. The Bertz CT molecular complexity index is 1100. The van der Waals surface area contributed by atoms with Crippen LogP contribution in [0.4, 0.5) is 0 Å². The number of hydrogen-bond donors (Lipinski definition) is 1. The van der Waals surface area contributed by atoms with Crippen molar-refractivity contribution in [1.82, 2.24) is 15.2 Å². The molecule has 3 rings (SSSR count). The van der Waals surface area contributed by atoms with Gasteiger partial charge in [-0.15, -0.1) is 11.3 Å². The van der Waals surface area contributed by atoms with Crippen LogP contribution in [0.1, 0.15) is 47.4 Å². The Morgan fingerprint density at radius 1 is 1.21 bits per heavy atom. The van der Waals surface area contributed by atoms with Crippen molar-refractivity contribution in [2.24, 2.45) is 11.0 Å². The van der Waals surface area contributed by atoms with Crippen molar-refractivity contribution in [2.75, 3.05) is 0 Å². The predicted molar refractivity (Wildman–Crippen MR) is 114 cm³/mol. The fraction of sp³-hybridized carbons (Fsp3) is 0.333. The number of benzene rings is 1. The van der Waals surface area contributed by atoms with Crippen molar-refractivity contribution >= 4 is 33.7 Å².